The fourth-order valence-electron chi connectivity index (χ4n) is 2.81. The summed E-state index contributed by atoms with van der Waals surface area (Å²) in [5.41, 5.74) is 1.25. The van der Waals surface area contributed by atoms with Crippen LogP contribution in [0.15, 0.2) is 24.3 Å². The number of hydrogen-bond acceptors (Lipinski definition) is 5. The van der Waals surface area contributed by atoms with E-state index in [4.69, 9.17) is 22.3 Å². The van der Waals surface area contributed by atoms with E-state index in [0.717, 1.165) is 12.2 Å². The molecule has 6 nitrogen and oxygen atoms in total. The minimum Gasteiger partial charge on any atom is -0.759 e. The molecule has 0 amide bonds. The minimum absolute atomic E-state index is 0. The van der Waals surface area contributed by atoms with Crippen molar-refractivity contribution in [1.29, 1.82) is 0 Å². The smallest absolute Gasteiger partial charge is 0.759 e. The van der Waals surface area contributed by atoms with E-state index >= 15 is 0 Å². The van der Waals surface area contributed by atoms with E-state index in [1.54, 1.807) is 0 Å². The third-order valence-electron chi connectivity index (χ3n) is 4.11. The molecule has 0 unspecified atom stereocenters. The summed E-state index contributed by atoms with van der Waals surface area (Å²) in [5, 5.41) is 10.5. The Labute approximate surface area is 221 Å². The van der Waals surface area contributed by atoms with Gasteiger partial charge in [0, 0.05) is 10.4 Å². The van der Waals surface area contributed by atoms with Crippen molar-refractivity contribution in [3.05, 3.63) is 29.8 Å². The Morgan fingerprint density at radius 3 is 1.76 bits per heavy atom. The quantitative estimate of drug-likeness (QED) is 0.151. The van der Waals surface area contributed by atoms with Gasteiger partial charge in [-0.05, 0) is 24.5 Å². The molecule has 29 heavy (non-hydrogen) atoms. The van der Waals surface area contributed by atoms with E-state index in [0.29, 0.717) is 0 Å². The van der Waals surface area contributed by atoms with Gasteiger partial charge in [-0.15, -0.1) is 0 Å². The summed E-state index contributed by atoms with van der Waals surface area (Å²) in [4.78, 5) is 0. The summed E-state index contributed by atoms with van der Waals surface area (Å²) in [6, 6.07) is 8.12. The van der Waals surface area contributed by atoms with E-state index in [1.165, 1.54) is 69.8 Å². The van der Waals surface area contributed by atoms with Crippen LogP contribution in [-0.2, 0) is 21.9 Å². The van der Waals surface area contributed by atoms with Crippen molar-refractivity contribution in [3.63, 3.8) is 0 Å². The Balaban J connectivity index is -0.000000860. The third kappa shape index (κ3) is 26.8. The van der Waals surface area contributed by atoms with Crippen LogP contribution < -0.4 is 63.9 Å². The van der Waals surface area contributed by atoms with Gasteiger partial charge in [0.25, 0.3) is 0 Å². The van der Waals surface area contributed by atoms with Crippen LogP contribution in [0.25, 0.3) is 0 Å². The van der Waals surface area contributed by atoms with Gasteiger partial charge in [0.15, 0.2) is 0 Å². The second-order valence-corrected chi connectivity index (χ2v) is 7.32. The van der Waals surface area contributed by atoms with Gasteiger partial charge in [-0.1, -0.05) is 82.9 Å². The predicted octanol–water partition coefficient (Wildman–Crippen LogP) is -1.37. The third-order valence-corrected chi connectivity index (χ3v) is 4.11. The van der Waals surface area contributed by atoms with Crippen LogP contribution in [0.3, 0.4) is 0 Å². The number of unbranched alkanes of at least 4 members (excludes halogenated alkanes) is 9. The van der Waals surface area contributed by atoms with Crippen molar-refractivity contribution in [2.24, 2.45) is 0 Å². The summed E-state index contributed by atoms with van der Waals surface area (Å²) in [5.74, 6) is 0.897. The maximum atomic E-state index is 10.5. The Kier molecular flexibility index (Phi) is 27.9. The molecule has 0 heterocycles. The van der Waals surface area contributed by atoms with E-state index in [2.05, 4.69) is 19.1 Å². The monoisotopic (exact) mass is 447 g/mol. The molecule has 0 saturated carbocycles. The summed E-state index contributed by atoms with van der Waals surface area (Å²) in [7, 11) is -5.17. The fourth-order valence-corrected chi connectivity index (χ4v) is 2.81. The number of hydrogen-bond donors (Lipinski definition) is 0. The van der Waals surface area contributed by atoms with E-state index < -0.39 is 10.4 Å². The Morgan fingerprint density at radius 2 is 1.28 bits per heavy atom. The molecule has 0 bridgehead atoms. The van der Waals surface area contributed by atoms with Crippen molar-refractivity contribution >= 4 is 10.4 Å². The number of ether oxygens (including phenoxy) is 1. The van der Waals surface area contributed by atoms with Gasteiger partial charge >= 0.3 is 59.1 Å². The van der Waals surface area contributed by atoms with E-state index in [-0.39, 0.29) is 72.3 Å². The predicted molar refractivity (Wildman–Crippen MR) is 104 cm³/mol. The summed E-state index contributed by atoms with van der Waals surface area (Å²) in [6.45, 7) is 2.37. The van der Waals surface area contributed by atoms with Gasteiger partial charge < -0.3 is 13.8 Å². The zero-order valence-corrected chi connectivity index (χ0v) is 23.2. The minimum atomic E-state index is -5.17. The number of aryl methyl sites for hydroxylation is 1. The van der Waals surface area contributed by atoms with Gasteiger partial charge in [0.1, 0.15) is 19.0 Å². The molecule has 1 rings (SSSR count). The first-order valence-electron chi connectivity index (χ1n) is 9.84. The molecule has 0 atom stereocenters. The van der Waals surface area contributed by atoms with E-state index in [1.807, 2.05) is 12.1 Å². The standard InChI is InChI=1S/C20H33O2.2Na.H2O4S/c1-2-3-4-5-6-7-8-9-10-11-14-19-15-12-13-16-20(19)22-18-17-21;;;1-5(2,3)4/h12-13,15-16H,2-11,14,17-18H2,1H3;;;(H2,1,2,3,4)/q;2*+1;/p-2. The Morgan fingerprint density at radius 1 is 0.828 bits per heavy atom. The largest absolute Gasteiger partial charge is 1.00 e. The molecule has 0 N–H and O–H groups in total. The molecule has 1 aromatic carbocycles. The molecule has 0 aliphatic heterocycles. The molecule has 0 aliphatic carbocycles. The fraction of sp³-hybridized carbons (Fsp3) is 0.700. The van der Waals surface area contributed by atoms with Crippen molar-refractivity contribution < 1.29 is 86.5 Å². The Bertz CT molecular complexity index is 562. The first-order chi connectivity index (χ1) is 12.9. The topological polar surface area (TPSA) is 109 Å². The second kappa shape index (κ2) is 23.5. The summed E-state index contributed by atoms with van der Waals surface area (Å²) < 4.78 is 39.6. The molecule has 9 heteroatoms. The van der Waals surface area contributed by atoms with Gasteiger partial charge in [0.05, 0.1) is 0 Å². The van der Waals surface area contributed by atoms with Gasteiger partial charge in [0.2, 0.25) is 0 Å². The van der Waals surface area contributed by atoms with Crippen LogP contribution in [0.4, 0.5) is 0 Å². The van der Waals surface area contributed by atoms with Crippen LogP contribution in [-0.4, -0.2) is 30.7 Å². The van der Waals surface area contributed by atoms with Crippen molar-refractivity contribution in [1.82, 2.24) is 0 Å². The van der Waals surface area contributed by atoms with Crippen molar-refractivity contribution in [3.8, 4) is 5.75 Å². The molecule has 0 fully saturated rings. The molecule has 1 aromatic rings. The second-order valence-electron chi connectivity index (χ2n) is 6.50. The summed E-state index contributed by atoms with van der Waals surface area (Å²) in [6.07, 6.45) is 14.7. The van der Waals surface area contributed by atoms with Crippen molar-refractivity contribution in [2.75, 3.05) is 13.2 Å². The van der Waals surface area contributed by atoms with Gasteiger partial charge in [-0.25, -0.2) is 5.11 Å². The average Bonchev–Trinajstić information content (AvgIpc) is 2.61. The number of rotatable bonds is 14. The molecule has 0 aliphatic rings. The zero-order valence-electron chi connectivity index (χ0n) is 18.4. The van der Waals surface area contributed by atoms with Crippen LogP contribution >= 0.6 is 0 Å². The first-order valence-corrected chi connectivity index (χ1v) is 11.2. The maximum Gasteiger partial charge on any atom is 1.00 e. The van der Waals surface area contributed by atoms with Crippen molar-refractivity contribution in [2.45, 2.75) is 77.6 Å². The van der Waals surface area contributed by atoms with Crippen LogP contribution in [0.5, 0.6) is 5.75 Å². The van der Waals surface area contributed by atoms with Crippen LogP contribution in [0.1, 0.15) is 76.7 Å². The average molecular weight is 448 g/mol. The summed E-state index contributed by atoms with van der Waals surface area (Å²) >= 11 is 0. The van der Waals surface area contributed by atoms with E-state index in [9.17, 15) is 5.11 Å². The SMILES string of the molecule is CCCCCCCCCCCCc1ccccc1OCC[O].O=S(=O)([O-])[O-].[Na+].[Na+]. The van der Waals surface area contributed by atoms with Crippen LogP contribution in [0, 0.1) is 0 Å². The molecule has 1 radical (unpaired) electrons. The van der Waals surface area contributed by atoms with Gasteiger partial charge in [-0.3, -0.25) is 8.42 Å². The zero-order chi connectivity index (χ0) is 20.4. The number of benzene rings is 1. The molecular weight excluding hydrogens is 414 g/mol. The maximum absolute atomic E-state index is 10.5. The first kappa shape index (κ1) is 34.5. The van der Waals surface area contributed by atoms with Gasteiger partial charge in [-0.2, -0.15) is 0 Å². The Hall–Kier alpha value is 0.850. The molecular formula is C20H33Na2O6S. The number of para-hydroxylation sites is 1. The molecule has 0 saturated heterocycles. The molecule has 0 spiro atoms. The normalized spacial score (nSPS) is 10.2. The van der Waals surface area contributed by atoms with Crippen LogP contribution in [0.2, 0.25) is 0 Å². The molecule has 0 aromatic heterocycles. The molecule has 157 valence electrons.